The van der Waals surface area contributed by atoms with E-state index in [2.05, 4.69) is 54.8 Å². The first kappa shape index (κ1) is 18.5. The summed E-state index contributed by atoms with van der Waals surface area (Å²) in [5.41, 5.74) is 3.37. The van der Waals surface area contributed by atoms with Crippen LogP contribution in [0.4, 0.5) is 0 Å². The lowest BCUT2D eigenvalue weighted by Gasteiger charge is -2.30. The highest BCUT2D eigenvalue weighted by atomic mass is 16.5. The van der Waals surface area contributed by atoms with Crippen LogP contribution in [-0.4, -0.2) is 33.5 Å². The molecule has 0 radical (unpaired) electrons. The lowest BCUT2D eigenvalue weighted by atomic mass is 10.1. The Morgan fingerprint density at radius 2 is 1.85 bits per heavy atom. The molecular formula is C22H29N3O. The third-order valence-corrected chi connectivity index (χ3v) is 4.82. The SMILES string of the molecule is CC(C)N(CCc1c[nH]c2cccc(OCc3ccccn3)c12)C(C)C. The van der Waals surface area contributed by atoms with Crippen molar-refractivity contribution in [1.29, 1.82) is 0 Å². The largest absolute Gasteiger partial charge is 0.487 e. The molecule has 4 heteroatoms. The first-order valence-corrected chi connectivity index (χ1v) is 9.43. The number of nitrogens with one attached hydrogen (secondary N) is 1. The van der Waals surface area contributed by atoms with Crippen molar-refractivity contribution in [1.82, 2.24) is 14.9 Å². The van der Waals surface area contributed by atoms with Crippen LogP contribution in [0.5, 0.6) is 5.75 Å². The Morgan fingerprint density at radius 3 is 2.54 bits per heavy atom. The highest BCUT2D eigenvalue weighted by Crippen LogP contribution is 2.30. The zero-order valence-corrected chi connectivity index (χ0v) is 16.2. The van der Waals surface area contributed by atoms with E-state index in [9.17, 15) is 0 Å². The fourth-order valence-corrected chi connectivity index (χ4v) is 3.53. The third kappa shape index (κ3) is 4.25. The minimum Gasteiger partial charge on any atom is -0.487 e. The molecule has 1 aromatic carbocycles. The van der Waals surface area contributed by atoms with E-state index in [0.717, 1.165) is 29.9 Å². The molecule has 1 N–H and O–H groups in total. The van der Waals surface area contributed by atoms with Gasteiger partial charge in [0.1, 0.15) is 12.4 Å². The van der Waals surface area contributed by atoms with Crippen LogP contribution in [0.1, 0.15) is 39.0 Å². The predicted octanol–water partition coefficient (Wildman–Crippen LogP) is 4.80. The smallest absolute Gasteiger partial charge is 0.130 e. The van der Waals surface area contributed by atoms with E-state index in [0.29, 0.717) is 18.7 Å². The fourth-order valence-electron chi connectivity index (χ4n) is 3.53. The molecule has 26 heavy (non-hydrogen) atoms. The Bertz CT molecular complexity index is 816. The number of benzene rings is 1. The minimum absolute atomic E-state index is 0.481. The molecule has 2 heterocycles. The first-order chi connectivity index (χ1) is 12.6. The number of fused-ring (bicyclic) bond motifs is 1. The van der Waals surface area contributed by atoms with Crippen molar-refractivity contribution in [2.45, 2.75) is 52.8 Å². The van der Waals surface area contributed by atoms with E-state index < -0.39 is 0 Å². The summed E-state index contributed by atoms with van der Waals surface area (Å²) < 4.78 is 6.11. The van der Waals surface area contributed by atoms with E-state index in [1.807, 2.05) is 30.3 Å². The molecule has 0 aliphatic rings. The minimum atomic E-state index is 0.481. The quantitative estimate of drug-likeness (QED) is 0.633. The van der Waals surface area contributed by atoms with Gasteiger partial charge in [0.05, 0.1) is 5.69 Å². The lowest BCUT2D eigenvalue weighted by molar-refractivity contribution is 0.177. The van der Waals surface area contributed by atoms with Crippen LogP contribution in [-0.2, 0) is 13.0 Å². The number of H-pyrrole nitrogens is 1. The maximum absolute atomic E-state index is 6.11. The first-order valence-electron chi connectivity index (χ1n) is 9.43. The second kappa shape index (κ2) is 8.37. The van der Waals surface area contributed by atoms with Crippen molar-refractivity contribution in [2.75, 3.05) is 6.54 Å². The Balaban J connectivity index is 1.79. The van der Waals surface area contributed by atoms with Crippen molar-refractivity contribution in [3.8, 4) is 5.75 Å². The molecule has 2 aromatic heterocycles. The molecule has 0 unspecified atom stereocenters. The van der Waals surface area contributed by atoms with E-state index >= 15 is 0 Å². The molecule has 0 saturated heterocycles. The van der Waals surface area contributed by atoms with E-state index in [4.69, 9.17) is 4.74 Å². The molecule has 0 amide bonds. The van der Waals surface area contributed by atoms with Crippen LogP contribution in [0, 0.1) is 0 Å². The van der Waals surface area contributed by atoms with Crippen LogP contribution < -0.4 is 4.74 Å². The summed E-state index contributed by atoms with van der Waals surface area (Å²) in [5, 5.41) is 1.19. The molecule has 0 saturated carbocycles. The Labute approximate surface area is 156 Å². The van der Waals surface area contributed by atoms with Crippen molar-refractivity contribution in [2.24, 2.45) is 0 Å². The fraction of sp³-hybridized carbons (Fsp3) is 0.409. The van der Waals surface area contributed by atoms with Crippen LogP contribution in [0.15, 0.2) is 48.8 Å². The maximum Gasteiger partial charge on any atom is 0.130 e. The lowest BCUT2D eigenvalue weighted by Crippen LogP contribution is -2.38. The summed E-state index contributed by atoms with van der Waals surface area (Å²) >= 11 is 0. The van der Waals surface area contributed by atoms with Crippen molar-refractivity contribution >= 4 is 10.9 Å². The average Bonchev–Trinajstić information content (AvgIpc) is 3.04. The topological polar surface area (TPSA) is 41.2 Å². The molecule has 3 aromatic rings. The molecule has 0 fully saturated rings. The number of aromatic amines is 1. The molecule has 3 rings (SSSR count). The molecule has 4 nitrogen and oxygen atoms in total. The molecule has 0 spiro atoms. The third-order valence-electron chi connectivity index (χ3n) is 4.82. The van der Waals surface area contributed by atoms with Crippen LogP contribution in [0.3, 0.4) is 0 Å². The van der Waals surface area contributed by atoms with Gasteiger partial charge in [0.15, 0.2) is 0 Å². The Morgan fingerprint density at radius 1 is 1.04 bits per heavy atom. The van der Waals surface area contributed by atoms with Gasteiger partial charge < -0.3 is 9.72 Å². The van der Waals surface area contributed by atoms with Gasteiger partial charge in [-0.2, -0.15) is 0 Å². The molecular weight excluding hydrogens is 322 g/mol. The van der Waals surface area contributed by atoms with Gasteiger partial charge in [-0.3, -0.25) is 9.88 Å². The number of nitrogens with zero attached hydrogens (tertiary/aromatic N) is 2. The van der Waals surface area contributed by atoms with E-state index in [1.54, 1.807) is 6.20 Å². The van der Waals surface area contributed by atoms with Crippen LogP contribution in [0.2, 0.25) is 0 Å². The Hall–Kier alpha value is -2.33. The van der Waals surface area contributed by atoms with Gasteiger partial charge in [-0.15, -0.1) is 0 Å². The second-order valence-corrected chi connectivity index (χ2v) is 7.28. The predicted molar refractivity (Wildman–Crippen MR) is 108 cm³/mol. The summed E-state index contributed by atoms with van der Waals surface area (Å²) in [6.45, 7) is 10.6. The number of hydrogen-bond donors (Lipinski definition) is 1. The number of hydrogen-bond acceptors (Lipinski definition) is 3. The molecule has 138 valence electrons. The summed E-state index contributed by atoms with van der Waals surface area (Å²) in [6, 6.07) is 13.2. The summed E-state index contributed by atoms with van der Waals surface area (Å²) in [5.74, 6) is 0.921. The van der Waals surface area contributed by atoms with Crippen LogP contribution >= 0.6 is 0 Å². The number of ether oxygens (including phenoxy) is 1. The highest BCUT2D eigenvalue weighted by Gasteiger charge is 2.15. The van der Waals surface area contributed by atoms with Gasteiger partial charge in [-0.1, -0.05) is 12.1 Å². The van der Waals surface area contributed by atoms with Crippen molar-refractivity contribution in [3.05, 3.63) is 60.0 Å². The molecule has 0 atom stereocenters. The Kier molecular flexibility index (Phi) is 5.94. The van der Waals surface area contributed by atoms with Gasteiger partial charge in [0.2, 0.25) is 0 Å². The number of rotatable bonds is 8. The van der Waals surface area contributed by atoms with Gasteiger partial charge in [0, 0.05) is 41.9 Å². The molecule has 0 bridgehead atoms. The number of aromatic nitrogens is 2. The molecule has 0 aliphatic heterocycles. The zero-order valence-electron chi connectivity index (χ0n) is 16.2. The van der Waals surface area contributed by atoms with Crippen molar-refractivity contribution < 1.29 is 4.74 Å². The number of pyridine rings is 1. The monoisotopic (exact) mass is 351 g/mol. The van der Waals surface area contributed by atoms with Gasteiger partial charge >= 0.3 is 0 Å². The highest BCUT2D eigenvalue weighted by molar-refractivity contribution is 5.89. The average molecular weight is 351 g/mol. The standard InChI is InChI=1S/C22H29N3O/c1-16(2)25(17(3)4)13-11-18-14-24-20-9-7-10-21(22(18)20)26-15-19-8-5-6-12-23-19/h5-10,12,14,16-17,24H,11,13,15H2,1-4H3. The van der Waals surface area contributed by atoms with Crippen LogP contribution in [0.25, 0.3) is 10.9 Å². The summed E-state index contributed by atoms with van der Waals surface area (Å²) in [7, 11) is 0. The summed E-state index contributed by atoms with van der Waals surface area (Å²) in [4.78, 5) is 10.3. The van der Waals surface area contributed by atoms with Gasteiger partial charge in [-0.05, 0) is 63.9 Å². The normalized spacial score (nSPS) is 11.8. The van der Waals surface area contributed by atoms with Crippen molar-refractivity contribution in [3.63, 3.8) is 0 Å². The second-order valence-electron chi connectivity index (χ2n) is 7.28. The molecule has 0 aliphatic carbocycles. The zero-order chi connectivity index (χ0) is 18.5. The maximum atomic E-state index is 6.11. The van der Waals surface area contributed by atoms with Gasteiger partial charge in [-0.25, -0.2) is 0 Å². The summed E-state index contributed by atoms with van der Waals surface area (Å²) in [6.07, 6.45) is 4.92. The van der Waals surface area contributed by atoms with E-state index in [-0.39, 0.29) is 0 Å². The van der Waals surface area contributed by atoms with E-state index in [1.165, 1.54) is 10.9 Å². The van der Waals surface area contributed by atoms with Gasteiger partial charge in [0.25, 0.3) is 0 Å².